The van der Waals surface area contributed by atoms with E-state index in [9.17, 15) is 9.18 Å². The third-order valence-electron chi connectivity index (χ3n) is 3.44. The summed E-state index contributed by atoms with van der Waals surface area (Å²) >= 11 is 1.16. The Balaban J connectivity index is 1.52. The van der Waals surface area contributed by atoms with Crippen LogP contribution in [0.15, 0.2) is 58.2 Å². The van der Waals surface area contributed by atoms with Crippen molar-refractivity contribution in [3.8, 4) is 0 Å². The van der Waals surface area contributed by atoms with Gasteiger partial charge in [0.15, 0.2) is 0 Å². The SMILES string of the molecule is Cc1cc(F)ccc1NC(=O)CSc1nnc(Cc2ccccc2)o1. The summed E-state index contributed by atoms with van der Waals surface area (Å²) in [5, 5.41) is 11.0. The van der Waals surface area contributed by atoms with Gasteiger partial charge in [-0.2, -0.15) is 0 Å². The number of amides is 1. The molecule has 0 radical (unpaired) electrons. The zero-order valence-electron chi connectivity index (χ0n) is 13.5. The number of carbonyl (C=O) groups is 1. The van der Waals surface area contributed by atoms with E-state index in [1.807, 2.05) is 30.3 Å². The summed E-state index contributed by atoms with van der Waals surface area (Å²) in [6.45, 7) is 1.74. The van der Waals surface area contributed by atoms with Crippen LogP contribution in [-0.2, 0) is 11.2 Å². The summed E-state index contributed by atoms with van der Waals surface area (Å²) in [7, 11) is 0. The summed E-state index contributed by atoms with van der Waals surface area (Å²) < 4.78 is 18.6. The van der Waals surface area contributed by atoms with E-state index in [1.54, 1.807) is 6.92 Å². The largest absolute Gasteiger partial charge is 0.416 e. The Bertz CT molecular complexity index is 868. The summed E-state index contributed by atoms with van der Waals surface area (Å²) in [5.74, 6) is 0.0803. The first-order valence-corrected chi connectivity index (χ1v) is 8.64. The number of carbonyl (C=O) groups excluding carboxylic acids is 1. The third-order valence-corrected chi connectivity index (χ3v) is 4.25. The Morgan fingerprint density at radius 2 is 2.00 bits per heavy atom. The first-order valence-electron chi connectivity index (χ1n) is 7.65. The first kappa shape index (κ1) is 17.2. The van der Waals surface area contributed by atoms with Gasteiger partial charge in [0.25, 0.3) is 5.22 Å². The van der Waals surface area contributed by atoms with Gasteiger partial charge < -0.3 is 9.73 Å². The second-order valence-electron chi connectivity index (χ2n) is 5.42. The van der Waals surface area contributed by atoms with Gasteiger partial charge in [-0.15, -0.1) is 10.2 Å². The summed E-state index contributed by atoms with van der Waals surface area (Å²) in [5.41, 5.74) is 2.33. The van der Waals surface area contributed by atoms with Crippen molar-refractivity contribution in [2.75, 3.05) is 11.1 Å². The molecule has 0 aliphatic heterocycles. The molecule has 1 aromatic heterocycles. The molecule has 0 atom stereocenters. The number of thioether (sulfide) groups is 1. The van der Waals surface area contributed by atoms with Crippen molar-refractivity contribution in [1.82, 2.24) is 10.2 Å². The molecule has 0 saturated heterocycles. The van der Waals surface area contributed by atoms with Crippen LogP contribution in [0, 0.1) is 12.7 Å². The molecule has 7 heteroatoms. The molecule has 0 saturated carbocycles. The summed E-state index contributed by atoms with van der Waals surface area (Å²) in [4.78, 5) is 12.0. The fraction of sp³-hybridized carbons (Fsp3) is 0.167. The number of hydrogen-bond acceptors (Lipinski definition) is 5. The van der Waals surface area contributed by atoms with E-state index in [4.69, 9.17) is 4.42 Å². The first-order chi connectivity index (χ1) is 12.1. The van der Waals surface area contributed by atoms with Crippen molar-refractivity contribution >= 4 is 23.4 Å². The molecular weight excluding hydrogens is 341 g/mol. The number of nitrogens with zero attached hydrogens (tertiary/aromatic N) is 2. The number of rotatable bonds is 6. The van der Waals surface area contributed by atoms with Crippen molar-refractivity contribution < 1.29 is 13.6 Å². The zero-order chi connectivity index (χ0) is 17.6. The van der Waals surface area contributed by atoms with Gasteiger partial charge in [-0.3, -0.25) is 4.79 Å². The number of hydrogen-bond donors (Lipinski definition) is 1. The molecular formula is C18H16FN3O2S. The number of nitrogens with one attached hydrogen (secondary N) is 1. The van der Waals surface area contributed by atoms with Crippen molar-refractivity contribution in [1.29, 1.82) is 0 Å². The van der Waals surface area contributed by atoms with Crippen molar-refractivity contribution in [3.63, 3.8) is 0 Å². The number of aromatic nitrogens is 2. The predicted octanol–water partition coefficient (Wildman–Crippen LogP) is 3.84. The van der Waals surface area contributed by atoms with Crippen molar-refractivity contribution in [2.24, 2.45) is 0 Å². The average Bonchev–Trinajstić information content (AvgIpc) is 3.04. The second-order valence-corrected chi connectivity index (χ2v) is 6.35. The maximum Gasteiger partial charge on any atom is 0.277 e. The third kappa shape index (κ3) is 4.90. The van der Waals surface area contributed by atoms with Gasteiger partial charge in [-0.1, -0.05) is 42.1 Å². The molecule has 0 aliphatic rings. The van der Waals surface area contributed by atoms with Gasteiger partial charge in [0.1, 0.15) is 5.82 Å². The lowest BCUT2D eigenvalue weighted by molar-refractivity contribution is -0.113. The van der Waals surface area contributed by atoms with Crippen LogP contribution in [0.3, 0.4) is 0 Å². The van der Waals surface area contributed by atoms with E-state index in [1.165, 1.54) is 18.2 Å². The lowest BCUT2D eigenvalue weighted by atomic mass is 10.2. The molecule has 0 fully saturated rings. The van der Waals surface area contributed by atoms with E-state index in [2.05, 4.69) is 15.5 Å². The van der Waals surface area contributed by atoms with Gasteiger partial charge in [-0.05, 0) is 36.2 Å². The van der Waals surface area contributed by atoms with Crippen LogP contribution in [0.25, 0.3) is 0 Å². The fourth-order valence-electron chi connectivity index (χ4n) is 2.22. The van der Waals surface area contributed by atoms with E-state index >= 15 is 0 Å². The molecule has 2 aromatic carbocycles. The molecule has 0 unspecified atom stereocenters. The molecule has 0 aliphatic carbocycles. The smallest absolute Gasteiger partial charge is 0.277 e. The Morgan fingerprint density at radius 1 is 1.20 bits per heavy atom. The van der Waals surface area contributed by atoms with E-state index in [0.29, 0.717) is 28.8 Å². The molecule has 3 aromatic rings. The molecule has 3 rings (SSSR count). The molecule has 0 spiro atoms. The molecule has 25 heavy (non-hydrogen) atoms. The minimum atomic E-state index is -0.332. The number of halogens is 1. The molecule has 1 heterocycles. The number of benzene rings is 2. The van der Waals surface area contributed by atoms with Crippen LogP contribution in [-0.4, -0.2) is 21.9 Å². The molecule has 0 bridgehead atoms. The van der Waals surface area contributed by atoms with Crippen molar-refractivity contribution in [3.05, 3.63) is 71.4 Å². The lowest BCUT2D eigenvalue weighted by Gasteiger charge is -2.07. The van der Waals surface area contributed by atoms with Gasteiger partial charge in [-0.25, -0.2) is 4.39 Å². The monoisotopic (exact) mass is 357 g/mol. The highest BCUT2D eigenvalue weighted by molar-refractivity contribution is 7.99. The van der Waals surface area contributed by atoms with Gasteiger partial charge in [0, 0.05) is 5.69 Å². The minimum Gasteiger partial charge on any atom is -0.416 e. The van der Waals surface area contributed by atoms with Crippen molar-refractivity contribution in [2.45, 2.75) is 18.6 Å². The standard InChI is InChI=1S/C18H16FN3O2S/c1-12-9-14(19)7-8-15(12)20-16(23)11-25-18-22-21-17(24-18)10-13-5-3-2-4-6-13/h2-9H,10-11H2,1H3,(H,20,23). The Hall–Kier alpha value is -2.67. The lowest BCUT2D eigenvalue weighted by Crippen LogP contribution is -2.14. The Kier molecular flexibility index (Phi) is 5.45. The number of anilines is 1. The topological polar surface area (TPSA) is 68.0 Å². The second kappa shape index (κ2) is 7.94. The Morgan fingerprint density at radius 3 is 2.76 bits per heavy atom. The van der Waals surface area contributed by atoms with E-state index in [0.717, 1.165) is 17.3 Å². The van der Waals surface area contributed by atoms with E-state index < -0.39 is 0 Å². The van der Waals surface area contributed by atoms with Crippen LogP contribution in [0.1, 0.15) is 17.0 Å². The average molecular weight is 357 g/mol. The highest BCUT2D eigenvalue weighted by Gasteiger charge is 2.11. The molecule has 5 nitrogen and oxygen atoms in total. The quantitative estimate of drug-likeness (QED) is 0.679. The minimum absolute atomic E-state index is 0.129. The van der Waals surface area contributed by atoms with E-state index in [-0.39, 0.29) is 17.5 Å². The van der Waals surface area contributed by atoms with Crippen LogP contribution in [0.4, 0.5) is 10.1 Å². The number of aryl methyl sites for hydroxylation is 1. The summed E-state index contributed by atoms with van der Waals surface area (Å²) in [6.07, 6.45) is 0.551. The molecule has 128 valence electrons. The Labute approximate surface area is 148 Å². The van der Waals surface area contributed by atoms with Gasteiger partial charge in [0.2, 0.25) is 11.8 Å². The normalized spacial score (nSPS) is 10.6. The maximum absolute atomic E-state index is 13.1. The molecule has 1 amide bonds. The van der Waals surface area contributed by atoms with Crippen LogP contribution in [0.2, 0.25) is 0 Å². The highest BCUT2D eigenvalue weighted by Crippen LogP contribution is 2.20. The van der Waals surface area contributed by atoms with Crippen LogP contribution >= 0.6 is 11.8 Å². The maximum atomic E-state index is 13.1. The zero-order valence-corrected chi connectivity index (χ0v) is 14.3. The van der Waals surface area contributed by atoms with Crippen LogP contribution in [0.5, 0.6) is 0 Å². The van der Waals surface area contributed by atoms with Gasteiger partial charge in [0.05, 0.1) is 12.2 Å². The van der Waals surface area contributed by atoms with Crippen LogP contribution < -0.4 is 5.32 Å². The summed E-state index contributed by atoms with van der Waals surface area (Å²) in [6, 6.07) is 14.0. The fourth-order valence-corrected chi connectivity index (χ4v) is 2.80. The molecule has 1 N–H and O–H groups in total. The predicted molar refractivity (Wildman–Crippen MR) is 94.0 cm³/mol. The highest BCUT2D eigenvalue weighted by atomic mass is 32.2. The van der Waals surface area contributed by atoms with Gasteiger partial charge >= 0.3 is 0 Å².